The third-order valence-electron chi connectivity index (χ3n) is 4.74. The molecule has 0 spiro atoms. The molecule has 0 aromatic heterocycles. The Bertz CT molecular complexity index is 818. The highest BCUT2D eigenvalue weighted by atomic mass is 16.5. The number of carbonyl (C=O) groups excluding carboxylic acids is 1. The Kier molecular flexibility index (Phi) is 6.29. The maximum Gasteiger partial charge on any atom is 0.317 e. The van der Waals surface area contributed by atoms with Crippen LogP contribution < -0.4 is 19.5 Å². The van der Waals surface area contributed by atoms with Crippen molar-refractivity contribution < 1.29 is 19.0 Å². The fourth-order valence-electron chi connectivity index (χ4n) is 3.30. The number of urea groups is 1. The molecule has 1 aliphatic heterocycles. The number of amides is 2. The molecule has 2 aromatic rings. The van der Waals surface area contributed by atoms with Gasteiger partial charge in [0, 0.05) is 19.6 Å². The molecular formula is C22H28N2O4. The smallest absolute Gasteiger partial charge is 0.317 e. The van der Waals surface area contributed by atoms with E-state index in [0.717, 1.165) is 29.0 Å². The summed E-state index contributed by atoms with van der Waals surface area (Å²) in [5.41, 5.74) is 3.32. The van der Waals surface area contributed by atoms with Crippen LogP contribution in [0.5, 0.6) is 17.2 Å². The third-order valence-corrected chi connectivity index (χ3v) is 4.74. The van der Waals surface area contributed by atoms with E-state index < -0.39 is 0 Å². The molecule has 3 rings (SSSR count). The Morgan fingerprint density at radius 3 is 2.32 bits per heavy atom. The van der Waals surface area contributed by atoms with E-state index in [-0.39, 0.29) is 12.1 Å². The topological polar surface area (TPSA) is 60.0 Å². The van der Waals surface area contributed by atoms with E-state index in [9.17, 15) is 4.79 Å². The van der Waals surface area contributed by atoms with Gasteiger partial charge in [0.25, 0.3) is 0 Å². The number of methoxy groups -OCH3 is 2. The lowest BCUT2D eigenvalue weighted by Crippen LogP contribution is -2.42. The first kappa shape index (κ1) is 19.9. The van der Waals surface area contributed by atoms with E-state index in [2.05, 4.69) is 5.32 Å². The second kappa shape index (κ2) is 8.87. The van der Waals surface area contributed by atoms with Gasteiger partial charge in [0.05, 0.1) is 20.3 Å². The SMILES string of the molecule is COc1cc2c(cc1OC)CN(C(=O)NCc1ccc(OC(C)C)cc1)CC2. The van der Waals surface area contributed by atoms with Crippen molar-refractivity contribution in [3.8, 4) is 17.2 Å². The van der Waals surface area contributed by atoms with E-state index in [1.807, 2.05) is 55.1 Å². The van der Waals surface area contributed by atoms with E-state index >= 15 is 0 Å². The van der Waals surface area contributed by atoms with Crippen LogP contribution in [0, 0.1) is 0 Å². The van der Waals surface area contributed by atoms with Crippen molar-refractivity contribution in [1.82, 2.24) is 10.2 Å². The van der Waals surface area contributed by atoms with Crippen molar-refractivity contribution in [3.05, 3.63) is 53.1 Å². The average Bonchev–Trinajstić information content (AvgIpc) is 2.71. The fourth-order valence-corrected chi connectivity index (χ4v) is 3.30. The van der Waals surface area contributed by atoms with Crippen LogP contribution in [-0.4, -0.2) is 37.8 Å². The molecule has 1 heterocycles. The number of nitrogens with one attached hydrogen (secondary N) is 1. The first-order valence-corrected chi connectivity index (χ1v) is 9.52. The Labute approximate surface area is 166 Å². The fraction of sp³-hybridized carbons (Fsp3) is 0.409. The number of hydrogen-bond acceptors (Lipinski definition) is 4. The second-order valence-electron chi connectivity index (χ2n) is 7.12. The minimum absolute atomic E-state index is 0.0667. The van der Waals surface area contributed by atoms with Gasteiger partial charge in [-0.2, -0.15) is 0 Å². The number of fused-ring (bicyclic) bond motifs is 1. The van der Waals surface area contributed by atoms with Crippen molar-refractivity contribution in [2.45, 2.75) is 39.5 Å². The van der Waals surface area contributed by atoms with Crippen LogP contribution in [0.25, 0.3) is 0 Å². The minimum Gasteiger partial charge on any atom is -0.493 e. The summed E-state index contributed by atoms with van der Waals surface area (Å²) in [5.74, 6) is 2.25. The van der Waals surface area contributed by atoms with Crippen molar-refractivity contribution in [2.75, 3.05) is 20.8 Å². The maximum atomic E-state index is 12.6. The minimum atomic E-state index is -0.0667. The maximum absolute atomic E-state index is 12.6. The molecule has 28 heavy (non-hydrogen) atoms. The number of carbonyl (C=O) groups is 1. The summed E-state index contributed by atoms with van der Waals surface area (Å²) >= 11 is 0. The summed E-state index contributed by atoms with van der Waals surface area (Å²) in [6.45, 7) is 5.71. The zero-order valence-electron chi connectivity index (χ0n) is 17.0. The molecule has 1 N–H and O–H groups in total. The molecule has 0 radical (unpaired) electrons. The summed E-state index contributed by atoms with van der Waals surface area (Å²) in [4.78, 5) is 14.4. The van der Waals surface area contributed by atoms with Crippen molar-refractivity contribution in [1.29, 1.82) is 0 Å². The molecular weight excluding hydrogens is 356 g/mol. The Morgan fingerprint density at radius 1 is 1.07 bits per heavy atom. The highest BCUT2D eigenvalue weighted by Gasteiger charge is 2.22. The lowest BCUT2D eigenvalue weighted by atomic mass is 9.99. The molecule has 0 aliphatic carbocycles. The third kappa shape index (κ3) is 4.68. The Morgan fingerprint density at radius 2 is 1.71 bits per heavy atom. The van der Waals surface area contributed by atoms with Crippen LogP contribution in [0.1, 0.15) is 30.5 Å². The number of ether oxygens (including phenoxy) is 3. The van der Waals surface area contributed by atoms with Gasteiger partial charge < -0.3 is 24.4 Å². The monoisotopic (exact) mass is 384 g/mol. The lowest BCUT2D eigenvalue weighted by molar-refractivity contribution is 0.191. The number of rotatable bonds is 6. The van der Waals surface area contributed by atoms with Gasteiger partial charge in [0.2, 0.25) is 0 Å². The summed E-state index contributed by atoms with van der Waals surface area (Å²) in [6, 6.07) is 11.7. The Balaban J connectivity index is 1.59. The molecule has 2 aromatic carbocycles. The van der Waals surface area contributed by atoms with Gasteiger partial charge in [-0.05, 0) is 61.2 Å². The summed E-state index contributed by atoms with van der Waals surface area (Å²) < 4.78 is 16.4. The van der Waals surface area contributed by atoms with Crippen molar-refractivity contribution >= 4 is 6.03 Å². The van der Waals surface area contributed by atoms with Gasteiger partial charge in [-0.3, -0.25) is 0 Å². The second-order valence-corrected chi connectivity index (χ2v) is 7.12. The molecule has 1 aliphatic rings. The van der Waals surface area contributed by atoms with Crippen molar-refractivity contribution in [3.63, 3.8) is 0 Å². The van der Waals surface area contributed by atoms with Crippen LogP contribution in [0.2, 0.25) is 0 Å². The molecule has 0 saturated carbocycles. The normalized spacial score (nSPS) is 13.1. The van der Waals surface area contributed by atoms with Gasteiger partial charge in [-0.15, -0.1) is 0 Å². The molecule has 2 amide bonds. The first-order valence-electron chi connectivity index (χ1n) is 9.52. The number of nitrogens with zero attached hydrogens (tertiary/aromatic N) is 1. The van der Waals surface area contributed by atoms with Gasteiger partial charge in [-0.1, -0.05) is 12.1 Å². The molecule has 0 bridgehead atoms. The van der Waals surface area contributed by atoms with Crippen LogP contribution in [0.3, 0.4) is 0 Å². The van der Waals surface area contributed by atoms with Crippen LogP contribution in [0.4, 0.5) is 4.79 Å². The predicted octanol–water partition coefficient (Wildman–Crippen LogP) is 3.76. The molecule has 0 fully saturated rings. The zero-order valence-corrected chi connectivity index (χ0v) is 17.0. The molecule has 0 unspecified atom stereocenters. The zero-order chi connectivity index (χ0) is 20.1. The highest BCUT2D eigenvalue weighted by molar-refractivity contribution is 5.74. The molecule has 6 nitrogen and oxygen atoms in total. The standard InChI is InChI=1S/C22H28N2O4/c1-15(2)28-19-7-5-16(6-8-19)13-23-22(25)24-10-9-17-11-20(26-3)21(27-4)12-18(17)14-24/h5-8,11-12,15H,9-10,13-14H2,1-4H3,(H,23,25). The van der Waals surface area contributed by atoms with Crippen LogP contribution >= 0.6 is 0 Å². The molecule has 0 atom stereocenters. The average molecular weight is 384 g/mol. The van der Waals surface area contributed by atoms with Gasteiger partial charge in [0.15, 0.2) is 11.5 Å². The highest BCUT2D eigenvalue weighted by Crippen LogP contribution is 2.33. The number of benzene rings is 2. The van der Waals surface area contributed by atoms with E-state index in [0.29, 0.717) is 25.4 Å². The Hall–Kier alpha value is -2.89. The molecule has 0 saturated heterocycles. The van der Waals surface area contributed by atoms with Gasteiger partial charge in [-0.25, -0.2) is 4.79 Å². The molecule has 6 heteroatoms. The van der Waals surface area contributed by atoms with Crippen LogP contribution in [-0.2, 0) is 19.5 Å². The van der Waals surface area contributed by atoms with Crippen LogP contribution in [0.15, 0.2) is 36.4 Å². The van der Waals surface area contributed by atoms with E-state index in [1.54, 1.807) is 14.2 Å². The van der Waals surface area contributed by atoms with E-state index in [4.69, 9.17) is 14.2 Å². The molecule has 150 valence electrons. The summed E-state index contributed by atoms with van der Waals surface area (Å²) in [5, 5.41) is 3.00. The largest absolute Gasteiger partial charge is 0.493 e. The lowest BCUT2D eigenvalue weighted by Gasteiger charge is -2.29. The predicted molar refractivity (Wildman–Crippen MR) is 108 cm³/mol. The van der Waals surface area contributed by atoms with E-state index in [1.165, 1.54) is 5.56 Å². The van der Waals surface area contributed by atoms with Crippen molar-refractivity contribution in [2.24, 2.45) is 0 Å². The summed E-state index contributed by atoms with van der Waals surface area (Å²) in [7, 11) is 3.25. The number of hydrogen-bond donors (Lipinski definition) is 1. The summed E-state index contributed by atoms with van der Waals surface area (Å²) in [6.07, 6.45) is 0.941. The quantitative estimate of drug-likeness (QED) is 0.824. The van der Waals surface area contributed by atoms with Gasteiger partial charge >= 0.3 is 6.03 Å². The van der Waals surface area contributed by atoms with Gasteiger partial charge in [0.1, 0.15) is 5.75 Å². The first-order chi connectivity index (χ1) is 13.5.